The molecule has 0 aliphatic carbocycles. The fraction of sp³-hybridized carbons (Fsp3) is 0.500. The van der Waals surface area contributed by atoms with E-state index in [-0.39, 0.29) is 18.5 Å². The SMILES string of the molecule is CCOCC(C)OCc1ccc(N)cc1F. The van der Waals surface area contributed by atoms with Gasteiger partial charge in [0, 0.05) is 17.9 Å². The molecule has 0 amide bonds. The number of ether oxygens (including phenoxy) is 2. The second-order valence-corrected chi connectivity index (χ2v) is 3.63. The summed E-state index contributed by atoms with van der Waals surface area (Å²) in [4.78, 5) is 0. The molecule has 0 aliphatic heterocycles. The molecular formula is C12H18FNO2. The first kappa shape index (κ1) is 12.9. The van der Waals surface area contributed by atoms with Gasteiger partial charge in [-0.05, 0) is 26.0 Å². The first-order valence-corrected chi connectivity index (χ1v) is 5.36. The number of nitrogens with two attached hydrogens (primary N) is 1. The summed E-state index contributed by atoms with van der Waals surface area (Å²) in [6.45, 7) is 5.23. The minimum atomic E-state index is -0.330. The Morgan fingerprint density at radius 2 is 2.19 bits per heavy atom. The van der Waals surface area contributed by atoms with Crippen LogP contribution in [0.15, 0.2) is 18.2 Å². The van der Waals surface area contributed by atoms with Crippen molar-refractivity contribution in [1.29, 1.82) is 0 Å². The summed E-state index contributed by atoms with van der Waals surface area (Å²) in [7, 11) is 0. The number of nitrogen functional groups attached to an aromatic ring is 1. The molecule has 0 spiro atoms. The Balaban J connectivity index is 2.42. The third kappa shape index (κ3) is 4.16. The molecule has 0 bridgehead atoms. The summed E-state index contributed by atoms with van der Waals surface area (Å²) in [6.07, 6.45) is -0.0445. The van der Waals surface area contributed by atoms with Crippen LogP contribution in [0.5, 0.6) is 0 Å². The van der Waals surface area contributed by atoms with Crippen LogP contribution in [-0.4, -0.2) is 19.3 Å². The minimum absolute atomic E-state index is 0.0445. The first-order valence-electron chi connectivity index (χ1n) is 5.36. The Bertz CT molecular complexity index is 331. The van der Waals surface area contributed by atoms with Gasteiger partial charge < -0.3 is 15.2 Å². The van der Waals surface area contributed by atoms with Crippen molar-refractivity contribution in [2.45, 2.75) is 26.6 Å². The molecular weight excluding hydrogens is 209 g/mol. The molecule has 4 heteroatoms. The quantitative estimate of drug-likeness (QED) is 0.759. The molecule has 1 rings (SSSR count). The predicted octanol–water partition coefficient (Wildman–Crippen LogP) is 2.35. The second-order valence-electron chi connectivity index (χ2n) is 3.63. The van der Waals surface area contributed by atoms with Crippen molar-refractivity contribution in [1.82, 2.24) is 0 Å². The van der Waals surface area contributed by atoms with Gasteiger partial charge in [-0.2, -0.15) is 0 Å². The van der Waals surface area contributed by atoms with E-state index in [9.17, 15) is 4.39 Å². The van der Waals surface area contributed by atoms with Gasteiger partial charge in [-0.25, -0.2) is 4.39 Å². The molecule has 0 heterocycles. The van der Waals surface area contributed by atoms with Gasteiger partial charge in [-0.1, -0.05) is 6.07 Å². The van der Waals surface area contributed by atoms with Crippen LogP contribution in [0, 0.1) is 5.82 Å². The van der Waals surface area contributed by atoms with Crippen LogP contribution in [-0.2, 0) is 16.1 Å². The van der Waals surface area contributed by atoms with E-state index in [1.165, 1.54) is 6.07 Å². The van der Waals surface area contributed by atoms with E-state index in [4.69, 9.17) is 15.2 Å². The highest BCUT2D eigenvalue weighted by molar-refractivity contribution is 5.40. The average Bonchev–Trinajstić information content (AvgIpc) is 2.25. The van der Waals surface area contributed by atoms with Gasteiger partial charge in [0.15, 0.2) is 0 Å². The van der Waals surface area contributed by atoms with Gasteiger partial charge in [0.2, 0.25) is 0 Å². The molecule has 1 aromatic rings. The lowest BCUT2D eigenvalue weighted by atomic mass is 10.2. The molecule has 0 radical (unpaired) electrons. The van der Waals surface area contributed by atoms with E-state index >= 15 is 0 Å². The maximum Gasteiger partial charge on any atom is 0.130 e. The average molecular weight is 227 g/mol. The van der Waals surface area contributed by atoms with Gasteiger partial charge in [-0.15, -0.1) is 0 Å². The van der Waals surface area contributed by atoms with Gasteiger partial charge >= 0.3 is 0 Å². The molecule has 0 fully saturated rings. The number of halogens is 1. The van der Waals surface area contributed by atoms with Crippen LogP contribution in [0.1, 0.15) is 19.4 Å². The molecule has 1 atom stereocenters. The van der Waals surface area contributed by atoms with Crippen molar-refractivity contribution in [3.63, 3.8) is 0 Å². The summed E-state index contributed by atoms with van der Waals surface area (Å²) in [5.74, 6) is -0.330. The van der Waals surface area contributed by atoms with Gasteiger partial charge in [0.25, 0.3) is 0 Å². The molecule has 0 aromatic heterocycles. The van der Waals surface area contributed by atoms with E-state index in [1.54, 1.807) is 12.1 Å². The zero-order chi connectivity index (χ0) is 12.0. The van der Waals surface area contributed by atoms with E-state index in [0.29, 0.717) is 24.5 Å². The fourth-order valence-corrected chi connectivity index (χ4v) is 1.24. The summed E-state index contributed by atoms with van der Waals surface area (Å²) in [5.41, 5.74) is 6.38. The van der Waals surface area contributed by atoms with E-state index in [0.717, 1.165) is 0 Å². The summed E-state index contributed by atoms with van der Waals surface area (Å²) in [6, 6.07) is 4.60. The Kier molecular flexibility index (Phi) is 5.22. The number of hydrogen-bond acceptors (Lipinski definition) is 3. The minimum Gasteiger partial charge on any atom is -0.399 e. The Labute approximate surface area is 95.4 Å². The van der Waals surface area contributed by atoms with Crippen LogP contribution in [0.4, 0.5) is 10.1 Å². The molecule has 90 valence electrons. The van der Waals surface area contributed by atoms with E-state index < -0.39 is 0 Å². The second kappa shape index (κ2) is 6.45. The van der Waals surface area contributed by atoms with E-state index in [2.05, 4.69) is 0 Å². The number of hydrogen-bond donors (Lipinski definition) is 1. The van der Waals surface area contributed by atoms with Crippen LogP contribution < -0.4 is 5.73 Å². The van der Waals surface area contributed by atoms with Crippen molar-refractivity contribution in [3.8, 4) is 0 Å². The Morgan fingerprint density at radius 1 is 1.44 bits per heavy atom. The lowest BCUT2D eigenvalue weighted by Gasteiger charge is -2.13. The lowest BCUT2D eigenvalue weighted by molar-refractivity contribution is -0.0125. The van der Waals surface area contributed by atoms with Crippen LogP contribution in [0.2, 0.25) is 0 Å². The third-order valence-corrected chi connectivity index (χ3v) is 2.16. The number of rotatable bonds is 6. The molecule has 1 aromatic carbocycles. The largest absolute Gasteiger partial charge is 0.399 e. The van der Waals surface area contributed by atoms with Gasteiger partial charge in [-0.3, -0.25) is 0 Å². The van der Waals surface area contributed by atoms with Crippen LogP contribution >= 0.6 is 0 Å². The van der Waals surface area contributed by atoms with Gasteiger partial charge in [0.1, 0.15) is 5.82 Å². The monoisotopic (exact) mass is 227 g/mol. The van der Waals surface area contributed by atoms with Gasteiger partial charge in [0.05, 0.1) is 19.3 Å². The maximum atomic E-state index is 13.4. The molecule has 3 nitrogen and oxygen atoms in total. The van der Waals surface area contributed by atoms with Crippen LogP contribution in [0.3, 0.4) is 0 Å². The molecule has 0 aliphatic rings. The molecule has 0 saturated carbocycles. The van der Waals surface area contributed by atoms with Crippen molar-refractivity contribution in [2.75, 3.05) is 18.9 Å². The van der Waals surface area contributed by atoms with Crippen molar-refractivity contribution >= 4 is 5.69 Å². The maximum absolute atomic E-state index is 13.4. The summed E-state index contributed by atoms with van der Waals surface area (Å²) >= 11 is 0. The highest BCUT2D eigenvalue weighted by Crippen LogP contribution is 2.13. The van der Waals surface area contributed by atoms with Crippen molar-refractivity contribution in [2.24, 2.45) is 0 Å². The highest BCUT2D eigenvalue weighted by Gasteiger charge is 2.06. The molecule has 1 unspecified atom stereocenters. The summed E-state index contributed by atoms with van der Waals surface area (Å²) < 4.78 is 24.0. The van der Waals surface area contributed by atoms with Crippen molar-refractivity contribution < 1.29 is 13.9 Å². The van der Waals surface area contributed by atoms with Crippen LogP contribution in [0.25, 0.3) is 0 Å². The number of anilines is 1. The molecule has 16 heavy (non-hydrogen) atoms. The highest BCUT2D eigenvalue weighted by atomic mass is 19.1. The molecule has 2 N–H and O–H groups in total. The smallest absolute Gasteiger partial charge is 0.130 e. The summed E-state index contributed by atoms with van der Waals surface area (Å²) in [5, 5.41) is 0. The zero-order valence-corrected chi connectivity index (χ0v) is 9.70. The zero-order valence-electron chi connectivity index (χ0n) is 9.70. The van der Waals surface area contributed by atoms with E-state index in [1.807, 2.05) is 13.8 Å². The number of benzene rings is 1. The standard InChI is InChI=1S/C12H18FNO2/c1-3-15-7-9(2)16-8-10-4-5-11(14)6-12(10)13/h4-6,9H,3,7-8,14H2,1-2H3. The fourth-order valence-electron chi connectivity index (χ4n) is 1.24. The molecule has 0 saturated heterocycles. The normalized spacial score (nSPS) is 12.7. The lowest BCUT2D eigenvalue weighted by Crippen LogP contribution is -2.16. The first-order chi connectivity index (χ1) is 7.63. The van der Waals surface area contributed by atoms with Crippen molar-refractivity contribution in [3.05, 3.63) is 29.6 Å². The Hall–Kier alpha value is -1.13. The Morgan fingerprint density at radius 3 is 2.81 bits per heavy atom. The third-order valence-electron chi connectivity index (χ3n) is 2.16. The topological polar surface area (TPSA) is 44.5 Å². The predicted molar refractivity (Wildman–Crippen MR) is 61.6 cm³/mol.